The number of rotatable bonds is 4. The van der Waals surface area contributed by atoms with Crippen LogP contribution < -0.4 is 10.6 Å². The van der Waals surface area contributed by atoms with Crippen LogP contribution in [0.5, 0.6) is 0 Å². The summed E-state index contributed by atoms with van der Waals surface area (Å²) in [5.74, 6) is 1.56. The van der Waals surface area contributed by atoms with Crippen LogP contribution in [0.1, 0.15) is 31.4 Å². The van der Waals surface area contributed by atoms with Crippen LogP contribution in [0.2, 0.25) is 0 Å². The van der Waals surface area contributed by atoms with Gasteiger partial charge >= 0.3 is 0 Å². The Hall–Kier alpha value is -1.23. The summed E-state index contributed by atoms with van der Waals surface area (Å²) in [7, 11) is 2.03. The van der Waals surface area contributed by atoms with Gasteiger partial charge in [-0.15, -0.1) is 0 Å². The maximum absolute atomic E-state index is 5.66. The molecule has 0 unspecified atom stereocenters. The number of nitrogens with two attached hydrogens (primary N) is 1. The third-order valence-electron chi connectivity index (χ3n) is 3.28. The Morgan fingerprint density at radius 1 is 1.41 bits per heavy atom. The van der Waals surface area contributed by atoms with E-state index in [1.165, 1.54) is 25.7 Å². The highest BCUT2D eigenvalue weighted by Crippen LogP contribution is 2.26. The summed E-state index contributed by atoms with van der Waals surface area (Å²) in [5.41, 5.74) is 6.29. The first-order valence-corrected chi connectivity index (χ1v) is 6.41. The number of aromatic nitrogens is 2. The monoisotopic (exact) mass is 250 g/mol. The fraction of sp³-hybridized carbons (Fsp3) is 0.583. The van der Waals surface area contributed by atoms with Gasteiger partial charge in [-0.3, -0.25) is 0 Å². The van der Waals surface area contributed by atoms with Crippen molar-refractivity contribution in [1.82, 2.24) is 9.97 Å². The molecule has 1 aliphatic rings. The lowest BCUT2D eigenvalue weighted by molar-refractivity contribution is 0.544. The summed E-state index contributed by atoms with van der Waals surface area (Å²) in [4.78, 5) is 11.0. The fourth-order valence-corrected chi connectivity index (χ4v) is 2.59. The van der Waals surface area contributed by atoms with Gasteiger partial charge in [0.2, 0.25) is 0 Å². The smallest absolute Gasteiger partial charge is 0.157 e. The predicted octanol–water partition coefficient (Wildman–Crippen LogP) is 1.74. The molecule has 1 aliphatic carbocycles. The largest absolute Gasteiger partial charge is 0.388 e. The highest BCUT2D eigenvalue weighted by molar-refractivity contribution is 7.80. The Morgan fingerprint density at radius 3 is 2.71 bits per heavy atom. The molecule has 2 N–H and O–H groups in total. The average Bonchev–Trinajstić information content (AvgIpc) is 2.81. The minimum absolute atomic E-state index is 0.311. The molecule has 0 radical (unpaired) electrons. The van der Waals surface area contributed by atoms with Crippen molar-refractivity contribution >= 4 is 23.0 Å². The van der Waals surface area contributed by atoms with E-state index in [9.17, 15) is 0 Å². The molecule has 1 aromatic heterocycles. The SMILES string of the molecule is CN(CC1CCCC1)c1nccnc1C(N)=S. The minimum Gasteiger partial charge on any atom is -0.388 e. The van der Waals surface area contributed by atoms with Crippen LogP contribution in [0.3, 0.4) is 0 Å². The van der Waals surface area contributed by atoms with Gasteiger partial charge in [0.25, 0.3) is 0 Å². The summed E-state index contributed by atoms with van der Waals surface area (Å²) in [5, 5.41) is 0. The fourth-order valence-electron chi connectivity index (χ4n) is 2.45. The first kappa shape index (κ1) is 12.2. The van der Waals surface area contributed by atoms with E-state index in [2.05, 4.69) is 14.9 Å². The summed E-state index contributed by atoms with van der Waals surface area (Å²) >= 11 is 5.00. The molecule has 1 saturated carbocycles. The molecule has 2 rings (SSSR count). The molecular formula is C12H18N4S. The lowest BCUT2D eigenvalue weighted by Gasteiger charge is -2.23. The molecule has 0 aromatic carbocycles. The maximum atomic E-state index is 5.66. The third-order valence-corrected chi connectivity index (χ3v) is 3.47. The van der Waals surface area contributed by atoms with Crippen LogP contribution in [-0.4, -0.2) is 28.5 Å². The number of hydrogen-bond donors (Lipinski definition) is 1. The molecule has 1 fully saturated rings. The Bertz CT molecular complexity index is 401. The van der Waals surface area contributed by atoms with Crippen molar-refractivity contribution in [2.75, 3.05) is 18.5 Å². The zero-order chi connectivity index (χ0) is 12.3. The normalized spacial score (nSPS) is 16.1. The molecule has 1 heterocycles. The van der Waals surface area contributed by atoms with Gasteiger partial charge < -0.3 is 10.6 Å². The Kier molecular flexibility index (Phi) is 3.89. The lowest BCUT2D eigenvalue weighted by atomic mass is 10.1. The summed E-state index contributed by atoms with van der Waals surface area (Å²) in [6.07, 6.45) is 8.63. The quantitative estimate of drug-likeness (QED) is 0.825. The van der Waals surface area contributed by atoms with Crippen LogP contribution >= 0.6 is 12.2 Å². The zero-order valence-electron chi connectivity index (χ0n) is 10.1. The highest BCUT2D eigenvalue weighted by Gasteiger charge is 2.19. The molecule has 0 bridgehead atoms. The van der Waals surface area contributed by atoms with Crippen molar-refractivity contribution in [3.05, 3.63) is 18.1 Å². The van der Waals surface area contributed by atoms with E-state index in [0.29, 0.717) is 10.7 Å². The molecule has 1 aromatic rings. The second kappa shape index (κ2) is 5.40. The van der Waals surface area contributed by atoms with Crippen molar-refractivity contribution in [2.45, 2.75) is 25.7 Å². The molecule has 0 spiro atoms. The van der Waals surface area contributed by atoms with Gasteiger partial charge in [0.05, 0.1) is 0 Å². The molecular weight excluding hydrogens is 232 g/mol. The van der Waals surface area contributed by atoms with Gasteiger partial charge in [-0.2, -0.15) is 0 Å². The summed E-state index contributed by atoms with van der Waals surface area (Å²) < 4.78 is 0. The Balaban J connectivity index is 2.12. The number of thiocarbonyl (C=S) groups is 1. The summed E-state index contributed by atoms with van der Waals surface area (Å²) in [6, 6.07) is 0. The van der Waals surface area contributed by atoms with Gasteiger partial charge in [0.15, 0.2) is 5.82 Å². The van der Waals surface area contributed by atoms with E-state index in [0.717, 1.165) is 18.3 Å². The van der Waals surface area contributed by atoms with Crippen molar-refractivity contribution < 1.29 is 0 Å². The first-order chi connectivity index (χ1) is 8.18. The van der Waals surface area contributed by atoms with E-state index in [1.54, 1.807) is 12.4 Å². The molecule has 0 atom stereocenters. The standard InChI is InChI=1S/C12H18N4S/c1-16(8-9-4-2-3-5-9)12-10(11(13)17)14-6-7-15-12/h6-7,9H,2-5,8H2,1H3,(H2,13,17). The Morgan fingerprint density at radius 2 is 2.06 bits per heavy atom. The van der Waals surface area contributed by atoms with Crippen molar-refractivity contribution in [3.63, 3.8) is 0 Å². The van der Waals surface area contributed by atoms with Crippen molar-refractivity contribution in [2.24, 2.45) is 11.7 Å². The molecule has 4 nitrogen and oxygen atoms in total. The molecule has 0 aliphatic heterocycles. The Labute approximate surface area is 107 Å². The van der Waals surface area contributed by atoms with Crippen molar-refractivity contribution in [3.8, 4) is 0 Å². The molecule has 0 saturated heterocycles. The van der Waals surface area contributed by atoms with Crippen LogP contribution in [0.25, 0.3) is 0 Å². The first-order valence-electron chi connectivity index (χ1n) is 6.00. The minimum atomic E-state index is 0.311. The third kappa shape index (κ3) is 2.91. The van der Waals surface area contributed by atoms with Crippen LogP contribution in [-0.2, 0) is 0 Å². The second-order valence-electron chi connectivity index (χ2n) is 4.62. The van der Waals surface area contributed by atoms with Gasteiger partial charge in [-0.25, -0.2) is 9.97 Å². The van der Waals surface area contributed by atoms with Gasteiger partial charge in [0.1, 0.15) is 10.7 Å². The second-order valence-corrected chi connectivity index (χ2v) is 5.06. The highest BCUT2D eigenvalue weighted by atomic mass is 32.1. The van der Waals surface area contributed by atoms with E-state index in [4.69, 9.17) is 18.0 Å². The predicted molar refractivity (Wildman–Crippen MR) is 73.1 cm³/mol. The average molecular weight is 250 g/mol. The number of nitrogens with zero attached hydrogens (tertiary/aromatic N) is 3. The van der Waals surface area contributed by atoms with Gasteiger partial charge in [0, 0.05) is 26.0 Å². The van der Waals surface area contributed by atoms with Crippen LogP contribution in [0.4, 0.5) is 5.82 Å². The molecule has 17 heavy (non-hydrogen) atoms. The van der Waals surface area contributed by atoms with Crippen molar-refractivity contribution in [1.29, 1.82) is 0 Å². The van der Waals surface area contributed by atoms with E-state index >= 15 is 0 Å². The lowest BCUT2D eigenvalue weighted by Crippen LogP contribution is -2.28. The summed E-state index contributed by atoms with van der Waals surface area (Å²) in [6.45, 7) is 1.01. The topological polar surface area (TPSA) is 55.0 Å². The molecule has 5 heteroatoms. The van der Waals surface area contributed by atoms with Crippen LogP contribution in [0, 0.1) is 5.92 Å². The van der Waals surface area contributed by atoms with E-state index in [-0.39, 0.29) is 0 Å². The van der Waals surface area contributed by atoms with Gasteiger partial charge in [-0.05, 0) is 18.8 Å². The number of hydrogen-bond acceptors (Lipinski definition) is 4. The maximum Gasteiger partial charge on any atom is 0.157 e. The zero-order valence-corrected chi connectivity index (χ0v) is 10.9. The molecule has 0 amide bonds. The molecule has 92 valence electrons. The van der Waals surface area contributed by atoms with Gasteiger partial charge in [-0.1, -0.05) is 25.1 Å². The number of anilines is 1. The van der Waals surface area contributed by atoms with Crippen LogP contribution in [0.15, 0.2) is 12.4 Å². The van der Waals surface area contributed by atoms with E-state index < -0.39 is 0 Å². The van der Waals surface area contributed by atoms with E-state index in [1.807, 2.05) is 7.05 Å².